The average molecular weight is 315 g/mol. The van der Waals surface area contributed by atoms with Gasteiger partial charge in [0.1, 0.15) is 24.4 Å². The molecular weight excluding hydrogens is 296 g/mol. The summed E-state index contributed by atoms with van der Waals surface area (Å²) in [6, 6.07) is 4.26. The second kappa shape index (κ2) is 6.75. The minimum Gasteiger partial charge on any atom is -0.733 e. The van der Waals surface area contributed by atoms with E-state index in [9.17, 15) is 20.5 Å². The fourth-order valence-electron chi connectivity index (χ4n) is 2.30. The lowest BCUT2D eigenvalue weighted by molar-refractivity contribution is -0.221. The van der Waals surface area contributed by atoms with Crippen molar-refractivity contribution in [2.45, 2.75) is 37.6 Å². The van der Waals surface area contributed by atoms with Gasteiger partial charge in [0.15, 0.2) is 6.23 Å². The summed E-state index contributed by atoms with van der Waals surface area (Å²) in [7, 11) is 0. The lowest BCUT2D eigenvalue weighted by atomic mass is 9.98. The molecule has 2 rings (SSSR count). The van der Waals surface area contributed by atoms with E-state index < -0.39 is 37.3 Å². The number of hydrogen-bond donors (Lipinski definition) is 6. The predicted octanol–water partition coefficient (Wildman–Crippen LogP) is -1.10. The zero-order valence-corrected chi connectivity index (χ0v) is 11.8. The molecule has 9 heteroatoms. The number of ether oxygens (including phenoxy) is 1. The van der Waals surface area contributed by atoms with E-state index in [2.05, 4.69) is 5.32 Å². The Kier molecular flexibility index (Phi) is 5.19. The number of anilines is 2. The third-order valence-electron chi connectivity index (χ3n) is 3.62. The molecule has 0 aromatic heterocycles. The molecule has 1 fully saturated rings. The number of aliphatic hydroxyl groups excluding tert-OH is 4. The van der Waals surface area contributed by atoms with Crippen molar-refractivity contribution in [3.63, 3.8) is 0 Å². The topological polar surface area (TPSA) is 149 Å². The van der Waals surface area contributed by atoms with Crippen LogP contribution < -0.4 is 10.5 Å². The third kappa shape index (κ3) is 3.31. The number of hydrogen-bond acceptors (Lipinski definition) is 9. The van der Waals surface area contributed by atoms with Crippen LogP contribution in [0, 0.1) is 12.1 Å². The van der Waals surface area contributed by atoms with Crippen LogP contribution in [0.2, 0.25) is 0 Å². The predicted molar refractivity (Wildman–Crippen MR) is 76.2 cm³/mol. The Balaban J connectivity index is 2.15. The molecule has 0 spiro atoms. The van der Waals surface area contributed by atoms with Gasteiger partial charge in [-0.05, 0) is 30.7 Å². The maximum absolute atomic E-state index is 10.8. The van der Waals surface area contributed by atoms with Gasteiger partial charge in [-0.2, -0.15) is 0 Å². The first kappa shape index (κ1) is 16.9. The van der Waals surface area contributed by atoms with Crippen molar-refractivity contribution >= 4 is 11.4 Å². The number of rotatable bonds is 4. The largest absolute Gasteiger partial charge is 0.733 e. The molecule has 0 aliphatic carbocycles. The van der Waals surface area contributed by atoms with Crippen LogP contribution >= 0.6 is 0 Å². The van der Waals surface area contributed by atoms with Gasteiger partial charge in [0.2, 0.25) is 0 Å². The van der Waals surface area contributed by atoms with E-state index in [1.807, 2.05) is 0 Å². The third-order valence-corrected chi connectivity index (χ3v) is 3.62. The van der Waals surface area contributed by atoms with Crippen molar-refractivity contribution in [2.24, 2.45) is 0 Å². The Bertz CT molecular complexity index is 511. The van der Waals surface area contributed by atoms with Crippen molar-refractivity contribution in [1.29, 1.82) is 0 Å². The monoisotopic (exact) mass is 315 g/mol. The van der Waals surface area contributed by atoms with Crippen LogP contribution in [-0.2, 0) is 4.74 Å². The van der Waals surface area contributed by atoms with Gasteiger partial charge in [0, 0.05) is 5.69 Å². The molecule has 22 heavy (non-hydrogen) atoms. The first-order valence-electron chi connectivity index (χ1n) is 6.69. The molecule has 124 valence electrons. The van der Waals surface area contributed by atoms with Gasteiger partial charge in [0.05, 0.1) is 12.3 Å². The number of aliphatic hydroxyl groups is 4. The zero-order chi connectivity index (χ0) is 16.4. The number of nitrogens with one attached hydrogen (secondary N) is 1. The fourth-order valence-corrected chi connectivity index (χ4v) is 2.30. The van der Waals surface area contributed by atoms with E-state index in [4.69, 9.17) is 15.1 Å². The maximum atomic E-state index is 10.8. The van der Waals surface area contributed by atoms with Crippen molar-refractivity contribution < 1.29 is 30.4 Å². The SMILES string of the molecule is Cc1cc(N([O-])O)ccc1N[C@@H]1O[C@H](CO)[C@@H](O)[C@H](O)[C@@H]1O. The molecule has 1 aliphatic rings. The summed E-state index contributed by atoms with van der Waals surface area (Å²) in [5.41, 5.74) is 1.12. The normalized spacial score (nSPS) is 31.9. The Hall–Kier alpha value is -1.46. The van der Waals surface area contributed by atoms with Gasteiger partial charge >= 0.3 is 0 Å². The summed E-state index contributed by atoms with van der Waals surface area (Å²) < 4.78 is 5.32. The molecule has 9 nitrogen and oxygen atoms in total. The highest BCUT2D eigenvalue weighted by atomic mass is 16.8. The minimum absolute atomic E-state index is 0.0388. The van der Waals surface area contributed by atoms with Crippen LogP contribution in [0.4, 0.5) is 11.4 Å². The molecule has 0 saturated carbocycles. The number of aryl methyl sites for hydroxylation is 1. The second-order valence-corrected chi connectivity index (χ2v) is 5.17. The van der Waals surface area contributed by atoms with Crippen LogP contribution in [-0.4, -0.2) is 62.9 Å². The molecule has 1 aromatic carbocycles. The van der Waals surface area contributed by atoms with E-state index in [0.717, 1.165) is 0 Å². The number of nitrogens with zero attached hydrogens (tertiary/aromatic N) is 1. The van der Waals surface area contributed by atoms with Gasteiger partial charge in [-0.15, -0.1) is 0 Å². The molecule has 6 N–H and O–H groups in total. The second-order valence-electron chi connectivity index (χ2n) is 5.17. The summed E-state index contributed by atoms with van der Waals surface area (Å²) >= 11 is 0. The van der Waals surface area contributed by atoms with Crippen molar-refractivity contribution in [2.75, 3.05) is 17.2 Å². The van der Waals surface area contributed by atoms with Gasteiger partial charge in [-0.25, -0.2) is 0 Å². The highest BCUT2D eigenvalue weighted by molar-refractivity contribution is 5.59. The van der Waals surface area contributed by atoms with Gasteiger partial charge in [-0.1, -0.05) is 0 Å². The summed E-state index contributed by atoms with van der Waals surface area (Å²) in [4.78, 5) is 0. The summed E-state index contributed by atoms with van der Waals surface area (Å²) in [6.45, 7) is 1.15. The Morgan fingerprint density at radius 3 is 2.45 bits per heavy atom. The molecule has 5 atom stereocenters. The summed E-state index contributed by atoms with van der Waals surface area (Å²) in [5.74, 6) is 0. The quantitative estimate of drug-likeness (QED) is 0.381. The van der Waals surface area contributed by atoms with Crippen molar-refractivity contribution in [3.8, 4) is 0 Å². The first-order chi connectivity index (χ1) is 10.3. The minimum atomic E-state index is -1.47. The molecular formula is C13H19N2O7-. The van der Waals surface area contributed by atoms with Crippen LogP contribution in [0.25, 0.3) is 0 Å². The molecule has 0 unspecified atom stereocenters. The zero-order valence-electron chi connectivity index (χ0n) is 11.8. The van der Waals surface area contributed by atoms with Gasteiger partial charge < -0.3 is 40.9 Å². The summed E-state index contributed by atoms with van der Waals surface area (Å²) in [6.07, 6.45) is -6.38. The lowest BCUT2D eigenvalue weighted by Crippen LogP contribution is -2.60. The van der Waals surface area contributed by atoms with Gasteiger partial charge in [-0.3, -0.25) is 5.21 Å². The molecule has 0 bridgehead atoms. The molecule has 1 aliphatic heterocycles. The average Bonchev–Trinajstić information content (AvgIpc) is 2.49. The first-order valence-corrected chi connectivity index (χ1v) is 6.69. The Morgan fingerprint density at radius 1 is 1.23 bits per heavy atom. The number of benzene rings is 1. The smallest absolute Gasteiger partial charge is 0.157 e. The van der Waals surface area contributed by atoms with Crippen LogP contribution in [0.15, 0.2) is 18.2 Å². The van der Waals surface area contributed by atoms with E-state index in [1.54, 1.807) is 6.92 Å². The van der Waals surface area contributed by atoms with Crippen LogP contribution in [0.3, 0.4) is 0 Å². The Morgan fingerprint density at radius 2 is 1.91 bits per heavy atom. The highest BCUT2D eigenvalue weighted by Crippen LogP contribution is 2.26. The van der Waals surface area contributed by atoms with Gasteiger partial charge in [0.25, 0.3) is 0 Å². The Labute approximate surface area is 126 Å². The van der Waals surface area contributed by atoms with E-state index in [-0.39, 0.29) is 10.9 Å². The summed E-state index contributed by atoms with van der Waals surface area (Å²) in [5, 5.41) is 60.7. The molecule has 0 radical (unpaired) electrons. The molecule has 0 amide bonds. The lowest BCUT2D eigenvalue weighted by Gasteiger charge is -2.40. The molecule has 1 aromatic rings. The van der Waals surface area contributed by atoms with E-state index >= 15 is 0 Å². The van der Waals surface area contributed by atoms with Crippen molar-refractivity contribution in [3.05, 3.63) is 29.0 Å². The maximum Gasteiger partial charge on any atom is 0.157 e. The fraction of sp³-hybridized carbons (Fsp3) is 0.538. The van der Waals surface area contributed by atoms with E-state index in [1.165, 1.54) is 18.2 Å². The van der Waals surface area contributed by atoms with Crippen LogP contribution in [0.5, 0.6) is 0 Å². The molecule has 1 saturated heterocycles. The van der Waals surface area contributed by atoms with E-state index in [0.29, 0.717) is 11.3 Å². The van der Waals surface area contributed by atoms with Crippen LogP contribution in [0.1, 0.15) is 5.56 Å². The highest BCUT2D eigenvalue weighted by Gasteiger charge is 2.43. The molecule has 1 heterocycles. The van der Waals surface area contributed by atoms with Crippen molar-refractivity contribution in [1.82, 2.24) is 0 Å². The standard InChI is InChI=1S/C13H19N2O7/c1-6-4-7(15(20)21)2-3-8(6)14-13-12(19)11(18)10(17)9(5-16)22-13/h2-4,9-14,16-20H,5H2,1H3/q-1/t9-,10-,11+,12+,13-/m1/s1.